The lowest BCUT2D eigenvalue weighted by atomic mass is 10.5. The standard InChI is InChI=1S/C13H23N5O2S2/c1-4-17(3)8-13-16-11(10-22-13)9-21-6-5-15-12(14-2)7-18(19)20/h7,10,14-15H,4-6,8-9H2,1-3H3. The molecule has 1 aromatic rings. The first-order chi connectivity index (χ1) is 10.5. The van der Waals surface area contributed by atoms with Crippen LogP contribution in [-0.4, -0.2) is 47.7 Å². The number of nitrogens with zero attached hydrogens (tertiary/aromatic N) is 3. The molecule has 0 aliphatic carbocycles. The van der Waals surface area contributed by atoms with E-state index in [1.165, 1.54) is 0 Å². The van der Waals surface area contributed by atoms with Gasteiger partial charge in [-0.25, -0.2) is 4.98 Å². The predicted molar refractivity (Wildman–Crippen MR) is 92.4 cm³/mol. The Kier molecular flexibility index (Phi) is 8.86. The van der Waals surface area contributed by atoms with Gasteiger partial charge >= 0.3 is 0 Å². The Morgan fingerprint density at radius 2 is 2.41 bits per heavy atom. The quantitative estimate of drug-likeness (QED) is 0.359. The molecule has 1 heterocycles. The summed E-state index contributed by atoms with van der Waals surface area (Å²) in [7, 11) is 3.74. The van der Waals surface area contributed by atoms with Crippen LogP contribution in [0.1, 0.15) is 17.6 Å². The highest BCUT2D eigenvalue weighted by Gasteiger charge is 2.05. The molecule has 2 N–H and O–H groups in total. The van der Waals surface area contributed by atoms with Crippen molar-refractivity contribution in [3.8, 4) is 0 Å². The number of thioether (sulfide) groups is 1. The summed E-state index contributed by atoms with van der Waals surface area (Å²) in [6.07, 6.45) is 0.932. The first-order valence-electron chi connectivity index (χ1n) is 7.01. The molecule has 0 amide bonds. The van der Waals surface area contributed by atoms with Crippen LogP contribution in [-0.2, 0) is 12.3 Å². The molecule has 0 bridgehead atoms. The Hall–Kier alpha value is -1.32. The summed E-state index contributed by atoms with van der Waals surface area (Å²) in [6.45, 7) is 4.70. The van der Waals surface area contributed by atoms with Crippen LogP contribution in [0.25, 0.3) is 0 Å². The van der Waals surface area contributed by atoms with E-state index in [0.717, 1.165) is 41.5 Å². The summed E-state index contributed by atoms with van der Waals surface area (Å²) in [4.78, 5) is 16.7. The van der Waals surface area contributed by atoms with Crippen molar-refractivity contribution in [1.29, 1.82) is 0 Å². The van der Waals surface area contributed by atoms with Gasteiger partial charge in [-0.05, 0) is 13.6 Å². The fraction of sp³-hybridized carbons (Fsp3) is 0.615. The number of rotatable bonds is 11. The first-order valence-corrected chi connectivity index (χ1v) is 9.05. The highest BCUT2D eigenvalue weighted by molar-refractivity contribution is 7.98. The van der Waals surface area contributed by atoms with Gasteiger partial charge in [0.05, 0.1) is 17.2 Å². The molecular formula is C13H23N5O2S2. The molecule has 0 spiro atoms. The Morgan fingerprint density at radius 3 is 3.05 bits per heavy atom. The number of thiazole rings is 1. The number of hydrogen-bond acceptors (Lipinski definition) is 8. The van der Waals surface area contributed by atoms with Crippen molar-refractivity contribution >= 4 is 23.1 Å². The molecule has 0 unspecified atom stereocenters. The second kappa shape index (κ2) is 10.4. The van der Waals surface area contributed by atoms with Gasteiger partial charge in [0.15, 0.2) is 5.82 Å². The molecule has 0 fully saturated rings. The van der Waals surface area contributed by atoms with Crippen LogP contribution >= 0.6 is 23.1 Å². The van der Waals surface area contributed by atoms with E-state index in [0.29, 0.717) is 12.4 Å². The van der Waals surface area contributed by atoms with E-state index in [2.05, 4.69) is 39.9 Å². The Labute approximate surface area is 139 Å². The van der Waals surface area contributed by atoms with Crippen molar-refractivity contribution in [2.75, 3.05) is 32.9 Å². The lowest BCUT2D eigenvalue weighted by molar-refractivity contribution is -0.404. The largest absolute Gasteiger partial charge is 0.370 e. The van der Waals surface area contributed by atoms with E-state index in [4.69, 9.17) is 0 Å². The summed E-state index contributed by atoms with van der Waals surface area (Å²) in [5, 5.41) is 19.4. The second-order valence-corrected chi connectivity index (χ2v) is 6.67. The molecule has 22 heavy (non-hydrogen) atoms. The lowest BCUT2D eigenvalue weighted by Gasteiger charge is -2.10. The van der Waals surface area contributed by atoms with Gasteiger partial charge in [0.1, 0.15) is 5.01 Å². The fourth-order valence-electron chi connectivity index (χ4n) is 1.57. The van der Waals surface area contributed by atoms with Crippen LogP contribution in [0.15, 0.2) is 17.4 Å². The average Bonchev–Trinajstić information content (AvgIpc) is 2.92. The summed E-state index contributed by atoms with van der Waals surface area (Å²) in [5.41, 5.74) is 1.10. The zero-order valence-electron chi connectivity index (χ0n) is 13.2. The SMILES string of the molecule is CCN(C)Cc1nc(CSCCNC(=C[N+](=O)[O-])NC)cs1. The van der Waals surface area contributed by atoms with Gasteiger partial charge in [0.2, 0.25) is 0 Å². The van der Waals surface area contributed by atoms with Crippen LogP contribution < -0.4 is 10.6 Å². The predicted octanol–water partition coefficient (Wildman–Crippen LogP) is 1.71. The third-order valence-electron chi connectivity index (χ3n) is 2.86. The van der Waals surface area contributed by atoms with E-state index < -0.39 is 4.92 Å². The third kappa shape index (κ3) is 7.62. The monoisotopic (exact) mass is 345 g/mol. The van der Waals surface area contributed by atoms with E-state index >= 15 is 0 Å². The molecule has 0 radical (unpaired) electrons. The Bertz CT molecular complexity index is 493. The molecule has 0 aromatic carbocycles. The van der Waals surface area contributed by atoms with Crippen LogP contribution in [0.4, 0.5) is 0 Å². The molecule has 7 nitrogen and oxygen atoms in total. The van der Waals surface area contributed by atoms with Crippen LogP contribution in [0.3, 0.4) is 0 Å². The van der Waals surface area contributed by atoms with Crippen molar-refractivity contribution in [2.45, 2.75) is 19.2 Å². The van der Waals surface area contributed by atoms with Crippen molar-refractivity contribution in [2.24, 2.45) is 0 Å². The second-order valence-electron chi connectivity index (χ2n) is 4.62. The number of hydrogen-bond donors (Lipinski definition) is 2. The average molecular weight is 345 g/mol. The molecule has 124 valence electrons. The maximum absolute atomic E-state index is 10.4. The zero-order valence-corrected chi connectivity index (χ0v) is 14.8. The van der Waals surface area contributed by atoms with Gasteiger partial charge in [-0.3, -0.25) is 15.0 Å². The minimum Gasteiger partial charge on any atom is -0.370 e. The summed E-state index contributed by atoms with van der Waals surface area (Å²) in [5.74, 6) is 2.14. The molecule has 1 rings (SSSR count). The highest BCUT2D eigenvalue weighted by atomic mass is 32.2. The van der Waals surface area contributed by atoms with E-state index in [-0.39, 0.29) is 0 Å². The van der Waals surface area contributed by atoms with Crippen LogP contribution in [0, 0.1) is 10.1 Å². The van der Waals surface area contributed by atoms with Gasteiger partial charge in [-0.1, -0.05) is 6.92 Å². The van der Waals surface area contributed by atoms with Gasteiger partial charge in [-0.2, -0.15) is 11.8 Å². The lowest BCUT2D eigenvalue weighted by Crippen LogP contribution is -2.26. The van der Waals surface area contributed by atoms with Crippen molar-refractivity contribution in [3.05, 3.63) is 38.2 Å². The minimum absolute atomic E-state index is 0.421. The summed E-state index contributed by atoms with van der Waals surface area (Å²) in [6, 6.07) is 0. The van der Waals surface area contributed by atoms with Gasteiger partial charge in [0, 0.05) is 30.5 Å². The van der Waals surface area contributed by atoms with Crippen molar-refractivity contribution < 1.29 is 4.92 Å². The smallest absolute Gasteiger partial charge is 0.274 e. The van der Waals surface area contributed by atoms with Gasteiger partial charge in [-0.15, -0.1) is 11.3 Å². The molecule has 0 aliphatic rings. The van der Waals surface area contributed by atoms with Crippen molar-refractivity contribution in [1.82, 2.24) is 20.5 Å². The van der Waals surface area contributed by atoms with E-state index in [1.54, 1.807) is 30.1 Å². The Balaban J connectivity index is 2.23. The Morgan fingerprint density at radius 1 is 1.64 bits per heavy atom. The topological polar surface area (TPSA) is 83.3 Å². The minimum atomic E-state index is -0.476. The number of aromatic nitrogens is 1. The number of nitro groups is 1. The molecule has 9 heteroatoms. The zero-order chi connectivity index (χ0) is 16.4. The normalized spacial score (nSPS) is 11.7. The molecule has 0 saturated carbocycles. The maximum atomic E-state index is 10.4. The molecule has 0 saturated heterocycles. The van der Waals surface area contributed by atoms with E-state index in [9.17, 15) is 10.1 Å². The highest BCUT2D eigenvalue weighted by Crippen LogP contribution is 2.16. The molecular weight excluding hydrogens is 322 g/mol. The molecule has 1 aromatic heterocycles. The van der Waals surface area contributed by atoms with Gasteiger partial charge in [0.25, 0.3) is 6.20 Å². The van der Waals surface area contributed by atoms with Gasteiger partial charge < -0.3 is 10.6 Å². The van der Waals surface area contributed by atoms with Crippen LogP contribution in [0.5, 0.6) is 0 Å². The fourth-order valence-corrected chi connectivity index (χ4v) is 3.30. The third-order valence-corrected chi connectivity index (χ3v) is 4.74. The molecule has 0 atom stereocenters. The first kappa shape index (κ1) is 18.7. The van der Waals surface area contributed by atoms with E-state index in [1.807, 2.05) is 0 Å². The summed E-state index contributed by atoms with van der Waals surface area (Å²) < 4.78 is 0. The molecule has 0 aliphatic heterocycles. The van der Waals surface area contributed by atoms with Crippen LogP contribution in [0.2, 0.25) is 0 Å². The summed E-state index contributed by atoms with van der Waals surface area (Å²) >= 11 is 3.46. The number of nitrogens with one attached hydrogen (secondary N) is 2. The van der Waals surface area contributed by atoms with Crippen molar-refractivity contribution in [3.63, 3.8) is 0 Å². The maximum Gasteiger partial charge on any atom is 0.274 e.